The molecule has 0 fully saturated rings. The van der Waals surface area contributed by atoms with E-state index in [1.807, 2.05) is 12.1 Å². The predicted octanol–water partition coefficient (Wildman–Crippen LogP) is 4.20. The van der Waals surface area contributed by atoms with Crippen molar-refractivity contribution in [2.45, 2.75) is 19.8 Å². The van der Waals surface area contributed by atoms with Gasteiger partial charge in [0.2, 0.25) is 0 Å². The van der Waals surface area contributed by atoms with Crippen molar-refractivity contribution in [2.24, 2.45) is 0 Å². The van der Waals surface area contributed by atoms with Crippen LogP contribution in [0.1, 0.15) is 18.9 Å². The van der Waals surface area contributed by atoms with Crippen molar-refractivity contribution >= 4 is 0 Å². The first kappa shape index (κ1) is 10.9. The van der Waals surface area contributed by atoms with E-state index >= 15 is 0 Å². The van der Waals surface area contributed by atoms with E-state index in [1.54, 1.807) is 0 Å². The zero-order valence-electron chi connectivity index (χ0n) is 9.41. The van der Waals surface area contributed by atoms with Gasteiger partial charge in [-0.15, -0.1) is 0 Å². The van der Waals surface area contributed by atoms with Crippen molar-refractivity contribution in [3.05, 3.63) is 71.1 Å². The number of halogens is 1. The highest BCUT2D eigenvalue weighted by molar-refractivity contribution is 5.32. The summed E-state index contributed by atoms with van der Waals surface area (Å²) >= 11 is 0. The standard InChI is InChI=1S/C15H15F/c1-12-3-2-4-13(6-5-12)11-14-7-9-15(16)10-8-14/h2-3,5-10H,4,11H2,1H3. The van der Waals surface area contributed by atoms with E-state index in [9.17, 15) is 4.39 Å². The van der Waals surface area contributed by atoms with Crippen molar-refractivity contribution < 1.29 is 4.39 Å². The Morgan fingerprint density at radius 2 is 1.88 bits per heavy atom. The van der Waals surface area contributed by atoms with E-state index in [0.717, 1.165) is 18.4 Å². The van der Waals surface area contributed by atoms with E-state index in [2.05, 4.69) is 31.2 Å². The lowest BCUT2D eigenvalue weighted by Crippen LogP contribution is -1.89. The van der Waals surface area contributed by atoms with Crippen LogP contribution in [0.2, 0.25) is 0 Å². The van der Waals surface area contributed by atoms with Crippen LogP contribution in [0.25, 0.3) is 0 Å². The van der Waals surface area contributed by atoms with Crippen LogP contribution in [-0.4, -0.2) is 0 Å². The van der Waals surface area contributed by atoms with Crippen LogP contribution in [-0.2, 0) is 6.42 Å². The first-order chi connectivity index (χ1) is 7.74. The molecule has 0 amide bonds. The Hall–Kier alpha value is -1.63. The molecule has 1 aliphatic rings. The minimum atomic E-state index is -0.172. The van der Waals surface area contributed by atoms with Crippen LogP contribution in [0.15, 0.2) is 59.7 Å². The topological polar surface area (TPSA) is 0 Å². The Morgan fingerprint density at radius 1 is 1.12 bits per heavy atom. The van der Waals surface area contributed by atoms with Gasteiger partial charge >= 0.3 is 0 Å². The van der Waals surface area contributed by atoms with Gasteiger partial charge in [0.1, 0.15) is 5.82 Å². The molecule has 0 bridgehead atoms. The van der Waals surface area contributed by atoms with Crippen molar-refractivity contribution in [1.82, 2.24) is 0 Å². The third-order valence-corrected chi connectivity index (χ3v) is 2.69. The Balaban J connectivity index is 2.10. The van der Waals surface area contributed by atoms with Crippen LogP contribution in [0.3, 0.4) is 0 Å². The van der Waals surface area contributed by atoms with Crippen LogP contribution >= 0.6 is 0 Å². The van der Waals surface area contributed by atoms with Gasteiger partial charge in [0, 0.05) is 0 Å². The van der Waals surface area contributed by atoms with Gasteiger partial charge in [-0.2, -0.15) is 0 Å². The van der Waals surface area contributed by atoms with E-state index in [0.29, 0.717) is 0 Å². The molecule has 82 valence electrons. The average Bonchev–Trinajstić information content (AvgIpc) is 2.47. The Bertz CT molecular complexity index is 447. The first-order valence-corrected chi connectivity index (χ1v) is 5.51. The lowest BCUT2D eigenvalue weighted by Gasteiger charge is -2.03. The quantitative estimate of drug-likeness (QED) is 0.692. The molecule has 0 heterocycles. The predicted molar refractivity (Wildman–Crippen MR) is 65.7 cm³/mol. The fourth-order valence-electron chi connectivity index (χ4n) is 1.76. The fourth-order valence-corrected chi connectivity index (χ4v) is 1.76. The molecule has 16 heavy (non-hydrogen) atoms. The normalized spacial score (nSPS) is 15.4. The molecule has 0 unspecified atom stereocenters. The Kier molecular flexibility index (Phi) is 3.35. The lowest BCUT2D eigenvalue weighted by molar-refractivity contribution is 0.627. The smallest absolute Gasteiger partial charge is 0.123 e. The number of benzene rings is 1. The molecule has 1 aromatic rings. The lowest BCUT2D eigenvalue weighted by atomic mass is 10.0. The molecule has 0 radical (unpaired) electrons. The van der Waals surface area contributed by atoms with Crippen LogP contribution in [0.5, 0.6) is 0 Å². The number of allylic oxidation sites excluding steroid dienone is 6. The van der Waals surface area contributed by atoms with Crippen LogP contribution in [0, 0.1) is 5.82 Å². The SMILES string of the molecule is CC1=CC=C(Cc2ccc(F)cc2)CC=C1. The van der Waals surface area contributed by atoms with Gasteiger partial charge in [-0.05, 0) is 37.5 Å². The summed E-state index contributed by atoms with van der Waals surface area (Å²) < 4.78 is 12.7. The van der Waals surface area contributed by atoms with Gasteiger partial charge < -0.3 is 0 Å². The third kappa shape index (κ3) is 2.93. The molecule has 0 nitrogen and oxygen atoms in total. The molecule has 0 spiro atoms. The molecule has 1 aromatic carbocycles. The Morgan fingerprint density at radius 3 is 2.62 bits per heavy atom. The minimum absolute atomic E-state index is 0.172. The zero-order valence-corrected chi connectivity index (χ0v) is 9.41. The maximum atomic E-state index is 12.7. The van der Waals surface area contributed by atoms with Crippen molar-refractivity contribution in [2.75, 3.05) is 0 Å². The molecular formula is C15H15F. The maximum absolute atomic E-state index is 12.7. The van der Waals surface area contributed by atoms with Crippen LogP contribution in [0.4, 0.5) is 4.39 Å². The third-order valence-electron chi connectivity index (χ3n) is 2.69. The second-order valence-corrected chi connectivity index (χ2v) is 4.15. The molecule has 2 rings (SSSR count). The fraction of sp³-hybridized carbons (Fsp3) is 0.200. The summed E-state index contributed by atoms with van der Waals surface area (Å²) in [5.74, 6) is -0.172. The molecule has 1 aliphatic carbocycles. The summed E-state index contributed by atoms with van der Waals surface area (Å²) in [7, 11) is 0. The van der Waals surface area contributed by atoms with E-state index < -0.39 is 0 Å². The monoisotopic (exact) mass is 214 g/mol. The molecule has 0 aliphatic heterocycles. The van der Waals surface area contributed by atoms with Gasteiger partial charge in [-0.1, -0.05) is 47.6 Å². The first-order valence-electron chi connectivity index (χ1n) is 5.51. The maximum Gasteiger partial charge on any atom is 0.123 e. The van der Waals surface area contributed by atoms with Gasteiger partial charge in [-0.3, -0.25) is 0 Å². The number of rotatable bonds is 2. The summed E-state index contributed by atoms with van der Waals surface area (Å²) in [6.07, 6.45) is 10.5. The highest BCUT2D eigenvalue weighted by Gasteiger charge is 2.00. The molecular weight excluding hydrogens is 199 g/mol. The molecule has 0 N–H and O–H groups in total. The van der Waals surface area contributed by atoms with Crippen molar-refractivity contribution in [1.29, 1.82) is 0 Å². The van der Waals surface area contributed by atoms with Crippen molar-refractivity contribution in [3.8, 4) is 0 Å². The molecule has 1 heteroatoms. The van der Waals surface area contributed by atoms with E-state index in [1.165, 1.54) is 23.3 Å². The highest BCUT2D eigenvalue weighted by Crippen LogP contribution is 2.16. The summed E-state index contributed by atoms with van der Waals surface area (Å²) in [6, 6.07) is 6.73. The summed E-state index contributed by atoms with van der Waals surface area (Å²) in [4.78, 5) is 0. The molecule has 0 aromatic heterocycles. The molecule has 0 saturated carbocycles. The largest absolute Gasteiger partial charge is 0.207 e. The highest BCUT2D eigenvalue weighted by atomic mass is 19.1. The second kappa shape index (κ2) is 4.93. The summed E-state index contributed by atoms with van der Waals surface area (Å²) in [5.41, 5.74) is 3.79. The van der Waals surface area contributed by atoms with Crippen molar-refractivity contribution in [3.63, 3.8) is 0 Å². The van der Waals surface area contributed by atoms with Gasteiger partial charge in [0.05, 0.1) is 0 Å². The minimum Gasteiger partial charge on any atom is -0.207 e. The number of hydrogen-bond acceptors (Lipinski definition) is 0. The summed E-state index contributed by atoms with van der Waals surface area (Å²) in [5, 5.41) is 0. The van der Waals surface area contributed by atoms with Crippen LogP contribution < -0.4 is 0 Å². The summed E-state index contributed by atoms with van der Waals surface area (Å²) in [6.45, 7) is 2.09. The molecule has 0 saturated heterocycles. The van der Waals surface area contributed by atoms with E-state index in [4.69, 9.17) is 0 Å². The van der Waals surface area contributed by atoms with Gasteiger partial charge in [0.25, 0.3) is 0 Å². The number of hydrogen-bond donors (Lipinski definition) is 0. The molecule has 0 atom stereocenters. The van der Waals surface area contributed by atoms with Gasteiger partial charge in [-0.25, -0.2) is 4.39 Å². The zero-order chi connectivity index (χ0) is 11.4. The average molecular weight is 214 g/mol. The Labute approximate surface area is 95.8 Å². The van der Waals surface area contributed by atoms with Gasteiger partial charge in [0.15, 0.2) is 0 Å². The second-order valence-electron chi connectivity index (χ2n) is 4.15. The van der Waals surface area contributed by atoms with E-state index in [-0.39, 0.29) is 5.82 Å².